The fraction of sp³-hybridized carbons (Fsp3) is 0. The van der Waals surface area contributed by atoms with Crippen molar-refractivity contribution in [1.29, 1.82) is 5.26 Å². The number of fused-ring (bicyclic) bond motifs is 1. The fourth-order valence-corrected chi connectivity index (χ4v) is 3.68. The predicted octanol–water partition coefficient (Wildman–Crippen LogP) is -4.46. The van der Waals surface area contributed by atoms with Gasteiger partial charge in [0.2, 0.25) is 5.78 Å². The van der Waals surface area contributed by atoms with Gasteiger partial charge in [0.25, 0.3) is 0 Å². The molecule has 0 bridgehead atoms. The van der Waals surface area contributed by atoms with Crippen LogP contribution >= 0.6 is 30.7 Å². The van der Waals surface area contributed by atoms with Crippen molar-refractivity contribution in [3.8, 4) is 6.07 Å². The number of thiazole rings is 1. The molecule has 0 aliphatic carbocycles. The Bertz CT molecular complexity index is 1040. The van der Waals surface area contributed by atoms with Crippen LogP contribution in [0, 0.1) is 11.3 Å². The molecule has 0 saturated carbocycles. The average Bonchev–Trinajstić information content (AvgIpc) is 3.10. The first-order valence-electron chi connectivity index (χ1n) is 6.05. The summed E-state index contributed by atoms with van der Waals surface area (Å²) in [6, 6.07) is 5.97. The minimum absolute atomic E-state index is 0. The zero-order chi connectivity index (χ0) is 16.8. The number of hydrogen-bond acceptors (Lipinski definition) is 7. The summed E-state index contributed by atoms with van der Waals surface area (Å²) in [6.07, 6.45) is 0.956. The van der Waals surface area contributed by atoms with Crippen LogP contribution in [0.1, 0.15) is 21.1 Å². The van der Waals surface area contributed by atoms with E-state index in [2.05, 4.69) is 4.98 Å². The Morgan fingerprint density at radius 1 is 1.36 bits per heavy atom. The first-order valence-corrected chi connectivity index (χ1v) is 8.80. The number of nitrogens with zero attached hydrogens (tertiary/aromatic N) is 3. The normalized spacial score (nSPS) is 10.6. The Balaban J connectivity index is 0.00000156. The zero-order valence-corrected chi connectivity index (χ0v) is 19.6. The molecular weight excluding hydrogens is 407 g/mol. The van der Waals surface area contributed by atoms with Crippen LogP contribution in [-0.2, 0) is 4.57 Å². The largest absolute Gasteiger partial charge is 1.00 e. The first kappa shape index (κ1) is 23.0. The van der Waals surface area contributed by atoms with Crippen molar-refractivity contribution in [2.24, 2.45) is 0 Å². The second-order valence-electron chi connectivity index (χ2n) is 4.50. The van der Waals surface area contributed by atoms with Gasteiger partial charge in [0, 0.05) is 29.7 Å². The molecule has 2 aromatic heterocycles. The number of benzene rings is 1. The Morgan fingerprint density at radius 3 is 2.60 bits per heavy atom. The van der Waals surface area contributed by atoms with Crippen molar-refractivity contribution >= 4 is 47.4 Å². The second-order valence-corrected chi connectivity index (χ2v) is 7.16. The van der Waals surface area contributed by atoms with Crippen LogP contribution in [0.5, 0.6) is 0 Å². The minimum atomic E-state index is -5.14. The molecule has 0 N–H and O–H groups in total. The summed E-state index contributed by atoms with van der Waals surface area (Å²) in [6.45, 7) is 0. The smallest absolute Gasteiger partial charge is 0.795 e. The SMILES string of the molecule is N#Cc1csc(C(=O)c2cn(P(=O)([O-])[O-])c3ccc(Cl)cc23)n1.[Na+].[Na+]. The quantitative estimate of drug-likeness (QED) is 0.243. The van der Waals surface area contributed by atoms with Crippen LogP contribution in [0.2, 0.25) is 5.02 Å². The van der Waals surface area contributed by atoms with Gasteiger partial charge in [-0.25, -0.2) is 4.98 Å². The van der Waals surface area contributed by atoms with E-state index in [9.17, 15) is 19.1 Å². The predicted molar refractivity (Wildman–Crippen MR) is 80.2 cm³/mol. The van der Waals surface area contributed by atoms with Crippen LogP contribution in [0.15, 0.2) is 29.8 Å². The molecule has 0 fully saturated rings. The molecule has 0 amide bonds. The molecule has 0 aliphatic heterocycles. The van der Waals surface area contributed by atoms with E-state index in [1.807, 2.05) is 0 Å². The molecule has 116 valence electrons. The molecule has 0 atom stereocenters. The van der Waals surface area contributed by atoms with Gasteiger partial charge >= 0.3 is 59.1 Å². The van der Waals surface area contributed by atoms with E-state index in [1.165, 1.54) is 23.6 Å². The van der Waals surface area contributed by atoms with E-state index in [-0.39, 0.29) is 91.3 Å². The molecule has 25 heavy (non-hydrogen) atoms. The van der Waals surface area contributed by atoms with E-state index in [0.717, 1.165) is 17.5 Å². The van der Waals surface area contributed by atoms with Crippen LogP contribution in [-0.4, -0.2) is 15.1 Å². The third-order valence-corrected chi connectivity index (χ3v) is 5.00. The summed E-state index contributed by atoms with van der Waals surface area (Å²) in [7, 11) is -5.14. The van der Waals surface area contributed by atoms with E-state index in [0.29, 0.717) is 4.34 Å². The molecule has 0 radical (unpaired) electrons. The van der Waals surface area contributed by atoms with Crippen molar-refractivity contribution in [2.45, 2.75) is 0 Å². The molecule has 12 heteroatoms. The molecule has 1 aromatic carbocycles. The summed E-state index contributed by atoms with van der Waals surface area (Å²) in [5.74, 6) is -0.587. The molecule has 3 aromatic rings. The summed E-state index contributed by atoms with van der Waals surface area (Å²) in [4.78, 5) is 39.2. The van der Waals surface area contributed by atoms with Gasteiger partial charge in [-0.05, 0) is 18.2 Å². The van der Waals surface area contributed by atoms with Gasteiger partial charge in [-0.15, -0.1) is 11.3 Å². The molecule has 0 aliphatic rings. The number of aromatic nitrogens is 2. The van der Waals surface area contributed by atoms with E-state index >= 15 is 0 Å². The van der Waals surface area contributed by atoms with Gasteiger partial charge in [0.05, 0.1) is 11.1 Å². The topological polar surface area (TPSA) is 122 Å². The molecule has 0 saturated heterocycles. The maximum Gasteiger partial charge on any atom is 1.00 e. The number of rotatable bonds is 3. The summed E-state index contributed by atoms with van der Waals surface area (Å²) >= 11 is 6.85. The van der Waals surface area contributed by atoms with Gasteiger partial charge in [0.15, 0.2) is 10.7 Å². The van der Waals surface area contributed by atoms with Crippen molar-refractivity contribution in [3.05, 3.63) is 51.1 Å². The second kappa shape index (κ2) is 8.79. The fourth-order valence-electron chi connectivity index (χ4n) is 2.11. The minimum Gasteiger partial charge on any atom is -0.795 e. The number of carbonyl (C=O) groups is 1. The van der Waals surface area contributed by atoms with Crippen molar-refractivity contribution in [1.82, 2.24) is 9.32 Å². The van der Waals surface area contributed by atoms with Gasteiger partial charge in [0.1, 0.15) is 6.07 Å². The van der Waals surface area contributed by atoms with Crippen molar-refractivity contribution in [3.63, 3.8) is 0 Å². The molecule has 2 heterocycles. The van der Waals surface area contributed by atoms with Crippen LogP contribution in [0.4, 0.5) is 0 Å². The summed E-state index contributed by atoms with van der Waals surface area (Å²) in [5.41, 5.74) is 0.120. The molecule has 7 nitrogen and oxygen atoms in total. The molecule has 0 unspecified atom stereocenters. The third-order valence-electron chi connectivity index (χ3n) is 3.07. The maximum atomic E-state index is 12.5. The number of ketones is 1. The standard InChI is InChI=1S/C13H7ClN3O4PS.2Na/c14-7-1-2-11-9(3-7)10(5-17(11)22(19,20)21)12(18)13-16-8(4-15)6-23-13;;/h1-3,5-6H,(H2,19,20,21);;/q;2*+1/p-2. The Hall–Kier alpha value is -0.01000. The molecule has 0 spiro atoms. The van der Waals surface area contributed by atoms with Gasteiger partial charge in [-0.1, -0.05) is 11.6 Å². The van der Waals surface area contributed by atoms with Gasteiger partial charge in [-0.3, -0.25) is 4.79 Å². The summed E-state index contributed by atoms with van der Waals surface area (Å²) < 4.78 is 11.9. The Kier molecular flexibility index (Phi) is 8.09. The van der Waals surface area contributed by atoms with Gasteiger partial charge in [-0.2, -0.15) is 5.26 Å². The third kappa shape index (κ3) is 4.64. The number of hydrogen-bond donors (Lipinski definition) is 0. The summed E-state index contributed by atoms with van der Waals surface area (Å²) in [5, 5.41) is 10.7. The van der Waals surface area contributed by atoms with Crippen molar-refractivity contribution < 1.29 is 78.3 Å². The van der Waals surface area contributed by atoms with E-state index in [1.54, 1.807) is 6.07 Å². The average molecular weight is 412 g/mol. The van der Waals surface area contributed by atoms with Crippen LogP contribution in [0.25, 0.3) is 10.9 Å². The Morgan fingerprint density at radius 2 is 2.04 bits per heavy atom. The van der Waals surface area contributed by atoms with E-state index in [4.69, 9.17) is 16.9 Å². The monoisotopic (exact) mass is 411 g/mol. The van der Waals surface area contributed by atoms with Gasteiger partial charge < -0.3 is 18.7 Å². The number of halogens is 1. The van der Waals surface area contributed by atoms with Crippen molar-refractivity contribution in [2.75, 3.05) is 0 Å². The zero-order valence-electron chi connectivity index (χ0n) is 13.1. The number of carbonyl (C=O) groups excluding carboxylic acids is 1. The molecular formula is C13H5ClN3Na2O4PS. The first-order chi connectivity index (χ1) is 10.8. The Labute approximate surface area is 195 Å². The maximum absolute atomic E-state index is 12.5. The molecule has 3 rings (SSSR count). The van der Waals surface area contributed by atoms with E-state index < -0.39 is 13.5 Å². The van der Waals surface area contributed by atoms with Crippen LogP contribution < -0.4 is 68.9 Å². The number of nitriles is 1. The van der Waals surface area contributed by atoms with Crippen LogP contribution in [0.3, 0.4) is 0 Å².